The molecule has 0 radical (unpaired) electrons. The molecule has 180 valence electrons. The second kappa shape index (κ2) is 8.89. The molecule has 1 atom stereocenters. The Morgan fingerprint density at radius 1 is 0.861 bits per heavy atom. The molecule has 6 nitrogen and oxygen atoms in total. The molecule has 0 saturated carbocycles. The predicted octanol–water partition coefficient (Wildman–Crippen LogP) is 5.09. The minimum Gasteiger partial charge on any atom is -0.497 e. The van der Waals surface area contributed by atoms with Crippen molar-refractivity contribution in [1.29, 1.82) is 0 Å². The van der Waals surface area contributed by atoms with Crippen LogP contribution in [0.2, 0.25) is 0 Å². The lowest BCUT2D eigenvalue weighted by Gasteiger charge is -2.33. The molecule has 1 unspecified atom stereocenters. The van der Waals surface area contributed by atoms with E-state index >= 15 is 4.57 Å². The highest BCUT2D eigenvalue weighted by Gasteiger charge is 2.50. The van der Waals surface area contributed by atoms with E-state index in [1.807, 2.05) is 91.0 Å². The molecule has 7 heteroatoms. The van der Waals surface area contributed by atoms with Crippen molar-refractivity contribution >= 4 is 23.7 Å². The maximum absolute atomic E-state index is 15.4. The largest absolute Gasteiger partial charge is 0.497 e. The number of ether oxygens (including phenoxy) is 3. The van der Waals surface area contributed by atoms with Crippen LogP contribution in [-0.4, -0.2) is 24.7 Å². The Morgan fingerprint density at radius 2 is 1.44 bits per heavy atom. The third-order valence-corrected chi connectivity index (χ3v) is 10.1. The van der Waals surface area contributed by atoms with Gasteiger partial charge in [-0.15, -0.1) is 0 Å². The average molecular weight is 497 g/mol. The van der Waals surface area contributed by atoms with Gasteiger partial charge in [-0.2, -0.15) is 0 Å². The smallest absolute Gasteiger partial charge is 0.255 e. The van der Waals surface area contributed by atoms with Gasteiger partial charge in [0.25, 0.3) is 5.91 Å². The van der Waals surface area contributed by atoms with E-state index in [1.165, 1.54) is 0 Å². The Bertz CT molecular complexity index is 1430. The minimum absolute atomic E-state index is 0.0989. The van der Waals surface area contributed by atoms with Crippen LogP contribution < -0.4 is 24.8 Å². The third-order valence-electron chi connectivity index (χ3n) is 6.75. The van der Waals surface area contributed by atoms with Gasteiger partial charge in [-0.1, -0.05) is 72.8 Å². The Kier molecular flexibility index (Phi) is 5.54. The van der Waals surface area contributed by atoms with Crippen molar-refractivity contribution in [3.05, 3.63) is 114 Å². The van der Waals surface area contributed by atoms with E-state index in [9.17, 15) is 4.79 Å². The predicted molar refractivity (Wildman–Crippen MR) is 138 cm³/mol. The van der Waals surface area contributed by atoms with Gasteiger partial charge in [0.15, 0.2) is 18.6 Å². The summed E-state index contributed by atoms with van der Waals surface area (Å²) >= 11 is 0. The summed E-state index contributed by atoms with van der Waals surface area (Å²) in [5.41, 5.74) is 2.09. The summed E-state index contributed by atoms with van der Waals surface area (Å²) in [7, 11) is -1.77. The summed E-state index contributed by atoms with van der Waals surface area (Å²) in [6, 6.07) is 30.0. The normalized spacial score (nSPS) is 16.2. The Labute approximate surface area is 209 Å². The molecule has 0 saturated heterocycles. The molecular weight excluding hydrogens is 473 g/mol. The van der Waals surface area contributed by atoms with Crippen LogP contribution in [0.15, 0.2) is 97.1 Å². The van der Waals surface area contributed by atoms with Crippen LogP contribution in [0.25, 0.3) is 0 Å². The number of carbonyl (C=O) groups excluding carboxylic acids is 1. The summed E-state index contributed by atoms with van der Waals surface area (Å²) in [6.07, 6.45) is 0. The maximum atomic E-state index is 15.4. The van der Waals surface area contributed by atoms with Crippen molar-refractivity contribution in [1.82, 2.24) is 4.90 Å². The number of fused-ring (bicyclic) bond motifs is 2. The average Bonchev–Trinajstić information content (AvgIpc) is 3.50. The molecule has 2 heterocycles. The van der Waals surface area contributed by atoms with Crippen LogP contribution in [0.5, 0.6) is 17.2 Å². The summed E-state index contributed by atoms with van der Waals surface area (Å²) in [4.78, 5) is 15.7. The zero-order valence-electron chi connectivity index (χ0n) is 19.7. The molecule has 0 aromatic heterocycles. The number of nitrogens with zero attached hydrogens (tertiary/aromatic N) is 1. The molecule has 1 amide bonds. The van der Waals surface area contributed by atoms with Gasteiger partial charge in [0.1, 0.15) is 11.5 Å². The second-order valence-corrected chi connectivity index (χ2v) is 11.6. The van der Waals surface area contributed by atoms with Crippen molar-refractivity contribution in [3.8, 4) is 17.2 Å². The zero-order chi connectivity index (χ0) is 24.7. The van der Waals surface area contributed by atoms with E-state index in [2.05, 4.69) is 0 Å². The molecule has 4 aromatic rings. The first kappa shape index (κ1) is 22.4. The Morgan fingerprint density at radius 3 is 2.03 bits per heavy atom. The quantitative estimate of drug-likeness (QED) is 0.347. The van der Waals surface area contributed by atoms with Gasteiger partial charge >= 0.3 is 0 Å². The first-order valence-corrected chi connectivity index (χ1v) is 13.5. The third kappa shape index (κ3) is 3.57. The fourth-order valence-corrected chi connectivity index (χ4v) is 8.28. The number of methoxy groups -OCH3 is 1. The van der Waals surface area contributed by atoms with E-state index in [0.29, 0.717) is 33.2 Å². The molecule has 0 aliphatic carbocycles. The molecular formula is C29H24NO5P. The van der Waals surface area contributed by atoms with Crippen LogP contribution in [0.4, 0.5) is 0 Å². The first-order chi connectivity index (χ1) is 17.6. The number of benzene rings is 4. The monoisotopic (exact) mass is 497 g/mol. The molecule has 0 bridgehead atoms. The van der Waals surface area contributed by atoms with Crippen LogP contribution in [0.1, 0.15) is 27.3 Å². The molecule has 36 heavy (non-hydrogen) atoms. The van der Waals surface area contributed by atoms with Gasteiger partial charge in [-0.25, -0.2) is 0 Å². The van der Waals surface area contributed by atoms with Crippen molar-refractivity contribution < 1.29 is 23.6 Å². The van der Waals surface area contributed by atoms with Gasteiger partial charge in [0.05, 0.1) is 7.11 Å². The number of amides is 1. The molecule has 0 N–H and O–H groups in total. The highest BCUT2D eigenvalue weighted by Crippen LogP contribution is 2.63. The van der Waals surface area contributed by atoms with Crippen LogP contribution in [0.3, 0.4) is 0 Å². The highest BCUT2D eigenvalue weighted by atomic mass is 31.2. The molecule has 6 rings (SSSR count). The fourth-order valence-electron chi connectivity index (χ4n) is 5.00. The highest BCUT2D eigenvalue weighted by molar-refractivity contribution is 7.79. The van der Waals surface area contributed by atoms with Crippen molar-refractivity contribution in [2.45, 2.75) is 12.3 Å². The lowest BCUT2D eigenvalue weighted by atomic mass is 10.1. The van der Waals surface area contributed by atoms with E-state index in [1.54, 1.807) is 18.1 Å². The summed E-state index contributed by atoms with van der Waals surface area (Å²) in [5.74, 6) is 0.931. The molecule has 4 aromatic carbocycles. The summed E-state index contributed by atoms with van der Waals surface area (Å²) < 4.78 is 32.0. The van der Waals surface area contributed by atoms with Gasteiger partial charge in [0.2, 0.25) is 6.79 Å². The Hall–Kier alpha value is -4.02. The van der Waals surface area contributed by atoms with Gasteiger partial charge in [-0.05, 0) is 35.4 Å². The summed E-state index contributed by atoms with van der Waals surface area (Å²) in [5, 5.41) is 1.39. The standard InChI is InChI=1S/C29H24NO5P/c1-33-21-14-12-20(13-15-21)18-30-28(31)24-16-26-27(35-19-34-26)17-25(24)29(30)36(32,22-8-4-2-5-9-22)23-10-6-3-7-11-23/h2-17,29H,18-19H2,1H3. The van der Waals surface area contributed by atoms with E-state index in [-0.39, 0.29) is 19.2 Å². The van der Waals surface area contributed by atoms with Crippen LogP contribution in [0, 0.1) is 0 Å². The van der Waals surface area contributed by atoms with Gasteiger partial charge < -0.3 is 23.7 Å². The molecule has 0 spiro atoms. The number of rotatable bonds is 6. The van der Waals surface area contributed by atoms with Crippen molar-refractivity contribution in [3.63, 3.8) is 0 Å². The second-order valence-electron chi connectivity index (χ2n) is 8.78. The lowest BCUT2D eigenvalue weighted by molar-refractivity contribution is 0.0755. The number of hydrogen-bond acceptors (Lipinski definition) is 5. The van der Waals surface area contributed by atoms with E-state index in [4.69, 9.17) is 14.2 Å². The Balaban J connectivity index is 1.56. The van der Waals surface area contributed by atoms with Crippen LogP contribution >= 0.6 is 7.14 Å². The van der Waals surface area contributed by atoms with Crippen molar-refractivity contribution in [2.75, 3.05) is 13.9 Å². The molecule has 2 aliphatic rings. The van der Waals surface area contributed by atoms with Gasteiger partial charge in [0, 0.05) is 22.7 Å². The zero-order valence-corrected chi connectivity index (χ0v) is 20.6. The van der Waals surface area contributed by atoms with Crippen LogP contribution in [-0.2, 0) is 11.1 Å². The SMILES string of the molecule is COc1ccc(CN2C(=O)c3cc4c(cc3C2P(=O)(c2ccccc2)c2ccccc2)OCO4)cc1. The first-order valence-electron chi connectivity index (χ1n) is 11.7. The van der Waals surface area contributed by atoms with E-state index in [0.717, 1.165) is 11.3 Å². The maximum Gasteiger partial charge on any atom is 0.255 e. The topological polar surface area (TPSA) is 65.1 Å². The van der Waals surface area contributed by atoms with Gasteiger partial charge in [-0.3, -0.25) is 4.79 Å². The fraction of sp³-hybridized carbons (Fsp3) is 0.138. The molecule has 2 aliphatic heterocycles. The van der Waals surface area contributed by atoms with E-state index < -0.39 is 12.9 Å². The molecule has 0 fully saturated rings. The minimum atomic E-state index is -3.39. The summed E-state index contributed by atoms with van der Waals surface area (Å²) in [6.45, 7) is 0.389. The number of hydrogen-bond donors (Lipinski definition) is 0. The van der Waals surface area contributed by atoms with Crippen molar-refractivity contribution in [2.24, 2.45) is 0 Å². The number of carbonyl (C=O) groups is 1. The lowest BCUT2D eigenvalue weighted by Crippen LogP contribution is -2.33.